The van der Waals surface area contributed by atoms with Crippen LogP contribution in [-0.2, 0) is 28.8 Å². The molecule has 3 aromatic carbocycles. The first kappa shape index (κ1) is 55.7. The van der Waals surface area contributed by atoms with Crippen molar-refractivity contribution in [1.82, 2.24) is 51.5 Å². The van der Waals surface area contributed by atoms with Gasteiger partial charge in [0.15, 0.2) is 0 Å². The highest BCUT2D eigenvalue weighted by Crippen LogP contribution is 2.38. The van der Waals surface area contributed by atoms with Crippen molar-refractivity contribution in [2.75, 3.05) is 50.9 Å². The largest absolute Gasteiger partial charge is 0.351 e. The van der Waals surface area contributed by atoms with E-state index in [1.165, 1.54) is 20.9 Å². The number of nitrogens with zero attached hydrogens (tertiary/aromatic N) is 4. The molecule has 0 bridgehead atoms. The van der Waals surface area contributed by atoms with Gasteiger partial charge in [-0.1, -0.05) is 73.5 Å². The lowest BCUT2D eigenvalue weighted by atomic mass is 9.94. The predicted octanol–water partition coefficient (Wildman–Crippen LogP) is 3.97. The van der Waals surface area contributed by atoms with Crippen LogP contribution in [0, 0.1) is 0 Å². The summed E-state index contributed by atoms with van der Waals surface area (Å²) in [4.78, 5) is 119. The van der Waals surface area contributed by atoms with E-state index in [0.29, 0.717) is 49.9 Å². The molecular formula is C58H78N12O8. The van der Waals surface area contributed by atoms with Gasteiger partial charge in [0.1, 0.15) is 24.2 Å². The third kappa shape index (κ3) is 12.6. The van der Waals surface area contributed by atoms with E-state index in [4.69, 9.17) is 0 Å². The van der Waals surface area contributed by atoms with Crippen LogP contribution in [0.5, 0.6) is 0 Å². The van der Waals surface area contributed by atoms with Crippen LogP contribution in [0.4, 0.5) is 21.0 Å². The van der Waals surface area contributed by atoms with E-state index in [0.717, 1.165) is 38.5 Å². The van der Waals surface area contributed by atoms with Gasteiger partial charge in [-0.15, -0.1) is 0 Å². The minimum Gasteiger partial charge on any atom is -0.351 e. The van der Waals surface area contributed by atoms with E-state index in [-0.39, 0.29) is 74.0 Å². The standard InChI is InChI=1S/C58H78N12O8/c1-35(59-3)51(71)65-47-33-67(31-29-41-25-27-49(69(41)55(47)75)53(73)63-45-19-11-17-43(45)37-13-7-5-8-14-37)57(77)61-39-21-23-40(24-22-39)62-58(78)68-32-30-42-26-28-50(70(42)56(76)48(34-68)66-52(72)36(2)60-4)54(74)64-46-20-12-18-44(46)38-15-9-6-10-16-38/h5-10,13-16,21-24,35-36,41-50,59-60H,11-12,17-20,25-34H2,1-4H3,(H,61,77)(H,62,78)(H,63,73)(H,64,74)(H,65,71)(H,66,72)/t35-,36-,41+,42+,43+,44+,45-,46+,47-,48-,49-,50-/m0/s1. The molecule has 12 atom stereocenters. The maximum Gasteiger partial charge on any atom is 0.321 e. The number of benzene rings is 3. The highest BCUT2D eigenvalue weighted by atomic mass is 16.2. The molecule has 4 aliphatic heterocycles. The SMILES string of the molecule is CN[C@@H](C)C(=O)N[C@H]1CN(C(=O)Nc2ccc(NC(=O)N3CC[C@H]4CC[C@@H](C(=O)N[C@@H]5CCC[C@@H]5c5ccccc5)N4C(=O)[C@@H](NC(=O)[C@H](C)NC)C3)cc2)CC[C@H]2CC[C@@H](C(=O)N[C@H]3CCC[C@@H]3c3ccccc3)N2C1=O. The lowest BCUT2D eigenvalue weighted by molar-refractivity contribution is -0.145. The van der Waals surface area contributed by atoms with Crippen molar-refractivity contribution >= 4 is 58.9 Å². The van der Waals surface area contributed by atoms with Crippen LogP contribution in [0.25, 0.3) is 0 Å². The first-order valence-corrected chi connectivity index (χ1v) is 28.2. The number of carbonyl (C=O) groups excluding carboxylic acids is 8. The number of hydrogen-bond donors (Lipinski definition) is 8. The third-order valence-electron chi connectivity index (χ3n) is 17.4. The van der Waals surface area contributed by atoms with Crippen molar-refractivity contribution in [3.05, 3.63) is 96.1 Å². The lowest BCUT2D eigenvalue weighted by Crippen LogP contribution is -2.62. The number of rotatable bonds is 14. The number of fused-ring (bicyclic) bond motifs is 2. The van der Waals surface area contributed by atoms with Crippen LogP contribution in [0.3, 0.4) is 0 Å². The summed E-state index contributed by atoms with van der Waals surface area (Å²) in [5.41, 5.74) is 3.19. The van der Waals surface area contributed by atoms with E-state index >= 15 is 0 Å². The number of amides is 10. The molecule has 8 N–H and O–H groups in total. The van der Waals surface area contributed by atoms with Crippen LogP contribution in [0.2, 0.25) is 0 Å². The molecule has 4 saturated heterocycles. The van der Waals surface area contributed by atoms with Crippen LogP contribution in [-0.4, -0.2) is 168 Å². The fraction of sp³-hybridized carbons (Fsp3) is 0.552. The molecular weight excluding hydrogens is 993 g/mol. The van der Waals surface area contributed by atoms with Gasteiger partial charge in [-0.2, -0.15) is 0 Å². The molecule has 0 spiro atoms. The highest BCUT2D eigenvalue weighted by Gasteiger charge is 2.48. The van der Waals surface area contributed by atoms with Crippen molar-refractivity contribution in [1.29, 1.82) is 0 Å². The molecule has 78 heavy (non-hydrogen) atoms. The maximum atomic E-state index is 14.6. The van der Waals surface area contributed by atoms with Crippen LogP contribution in [0.15, 0.2) is 84.9 Å². The number of likely N-dealkylation sites (N-methyl/N-ethyl adjacent to an activating group) is 2. The summed E-state index contributed by atoms with van der Waals surface area (Å²) < 4.78 is 0. The van der Waals surface area contributed by atoms with Gasteiger partial charge < -0.3 is 62.1 Å². The minimum absolute atomic E-state index is 0.0530. The van der Waals surface area contributed by atoms with Crippen molar-refractivity contribution in [2.45, 2.75) is 163 Å². The summed E-state index contributed by atoms with van der Waals surface area (Å²) in [5.74, 6) is -1.67. The Hall–Kier alpha value is -7.06. The normalized spacial score (nSPS) is 27.9. The van der Waals surface area contributed by atoms with Crippen molar-refractivity contribution in [2.24, 2.45) is 0 Å². The van der Waals surface area contributed by atoms with Gasteiger partial charge in [0.05, 0.1) is 25.2 Å². The summed E-state index contributed by atoms with van der Waals surface area (Å²) in [7, 11) is 3.29. The van der Waals surface area contributed by atoms with E-state index < -0.39 is 71.9 Å². The Morgan fingerprint density at radius 3 is 1.23 bits per heavy atom. The van der Waals surface area contributed by atoms with Gasteiger partial charge in [-0.25, -0.2) is 9.59 Å². The molecule has 6 fully saturated rings. The van der Waals surface area contributed by atoms with Gasteiger partial charge in [0.25, 0.3) is 0 Å². The Bertz CT molecular complexity index is 2470. The molecule has 3 aromatic rings. The third-order valence-corrected chi connectivity index (χ3v) is 17.4. The van der Waals surface area contributed by atoms with Gasteiger partial charge >= 0.3 is 12.1 Å². The second kappa shape index (κ2) is 25.2. The van der Waals surface area contributed by atoms with Crippen LogP contribution < -0.4 is 42.5 Å². The zero-order chi connectivity index (χ0) is 55.0. The summed E-state index contributed by atoms with van der Waals surface area (Å²) in [6.45, 7) is 3.60. The minimum atomic E-state index is -1.12. The topological polar surface area (TPSA) is 246 Å². The molecule has 10 amide bonds. The van der Waals surface area contributed by atoms with Gasteiger partial charge in [-0.3, -0.25) is 28.8 Å². The summed E-state index contributed by atoms with van der Waals surface area (Å²) in [5, 5.41) is 24.0. The first-order valence-electron chi connectivity index (χ1n) is 28.2. The van der Waals surface area contributed by atoms with Crippen molar-refractivity contribution < 1.29 is 38.4 Å². The van der Waals surface area contributed by atoms with E-state index in [9.17, 15) is 38.4 Å². The van der Waals surface area contributed by atoms with E-state index in [2.05, 4.69) is 66.8 Å². The number of hydrogen-bond acceptors (Lipinski definition) is 10. The second-order valence-electron chi connectivity index (χ2n) is 22.2. The molecule has 4 heterocycles. The molecule has 20 heteroatoms. The fourth-order valence-electron chi connectivity index (χ4n) is 12.8. The van der Waals surface area contributed by atoms with Gasteiger partial charge in [0, 0.05) is 60.5 Å². The Labute approximate surface area is 457 Å². The van der Waals surface area contributed by atoms with Crippen molar-refractivity contribution in [3.8, 4) is 0 Å². The molecule has 9 rings (SSSR count). The second-order valence-corrected chi connectivity index (χ2v) is 22.2. The van der Waals surface area contributed by atoms with Crippen LogP contribution in [0.1, 0.15) is 114 Å². The Balaban J connectivity index is 0.832. The summed E-state index contributed by atoms with van der Waals surface area (Å²) in [6, 6.07) is 20.3. The number of urea groups is 2. The molecule has 2 saturated carbocycles. The fourth-order valence-corrected chi connectivity index (χ4v) is 12.8. The first-order chi connectivity index (χ1) is 37.7. The highest BCUT2D eigenvalue weighted by molar-refractivity contribution is 5.97. The smallest absolute Gasteiger partial charge is 0.321 e. The summed E-state index contributed by atoms with van der Waals surface area (Å²) in [6.07, 6.45) is 8.54. The average molecular weight is 1070 g/mol. The Morgan fingerprint density at radius 1 is 0.474 bits per heavy atom. The van der Waals surface area contributed by atoms with E-state index in [1.807, 2.05) is 36.4 Å². The molecule has 0 aromatic heterocycles. The number of anilines is 2. The van der Waals surface area contributed by atoms with Gasteiger partial charge in [0.2, 0.25) is 35.4 Å². The van der Waals surface area contributed by atoms with E-state index in [1.54, 1.807) is 62.0 Å². The van der Waals surface area contributed by atoms with Gasteiger partial charge in [-0.05, 0) is 128 Å². The molecule has 0 unspecified atom stereocenters. The molecule has 418 valence electrons. The zero-order valence-corrected chi connectivity index (χ0v) is 45.4. The van der Waals surface area contributed by atoms with Crippen LogP contribution >= 0.6 is 0 Å². The molecule has 2 aliphatic carbocycles. The Morgan fingerprint density at radius 2 is 0.859 bits per heavy atom. The maximum absolute atomic E-state index is 14.6. The zero-order valence-electron chi connectivity index (χ0n) is 45.4. The molecule has 20 nitrogen and oxygen atoms in total. The number of carbonyl (C=O) groups is 8. The molecule has 0 radical (unpaired) electrons. The summed E-state index contributed by atoms with van der Waals surface area (Å²) >= 11 is 0. The quantitative estimate of drug-likeness (QED) is 0.116. The lowest BCUT2D eigenvalue weighted by Gasteiger charge is -2.39. The monoisotopic (exact) mass is 1070 g/mol. The average Bonchev–Trinajstić information content (AvgIpc) is 4.42. The predicted molar refractivity (Wildman–Crippen MR) is 295 cm³/mol. The molecule has 6 aliphatic rings. The Kier molecular flexibility index (Phi) is 18.0. The number of nitrogens with one attached hydrogen (secondary N) is 8. The van der Waals surface area contributed by atoms with Crippen molar-refractivity contribution in [3.63, 3.8) is 0 Å².